The van der Waals surface area contributed by atoms with Crippen LogP contribution in [-0.2, 0) is 5.41 Å². The zero-order chi connectivity index (χ0) is 48.7. The van der Waals surface area contributed by atoms with Gasteiger partial charge in [0.05, 0.1) is 23.3 Å². The molecule has 0 saturated carbocycles. The van der Waals surface area contributed by atoms with Crippen molar-refractivity contribution in [2.45, 2.75) is 5.41 Å². The highest BCUT2D eigenvalue weighted by Crippen LogP contribution is 2.59. The van der Waals surface area contributed by atoms with Crippen LogP contribution in [0.2, 0.25) is 0 Å². The number of furan rings is 1. The van der Waals surface area contributed by atoms with E-state index in [1.807, 2.05) is 48.5 Å². The number of fused-ring (bicyclic) bond motifs is 8. The van der Waals surface area contributed by atoms with Gasteiger partial charge < -0.3 is 9.32 Å². The van der Waals surface area contributed by atoms with E-state index in [9.17, 15) is 0 Å². The van der Waals surface area contributed by atoms with E-state index in [-0.39, 0.29) is 29.7 Å². The molecule has 1 aliphatic carbocycles. The number of rotatable bonds is 8. The van der Waals surface area contributed by atoms with Crippen LogP contribution in [0.15, 0.2) is 265 Å². The van der Waals surface area contributed by atoms with Gasteiger partial charge in [0, 0.05) is 22.1 Å². The van der Waals surface area contributed by atoms with E-state index in [1.165, 1.54) is 27.8 Å². The summed E-state index contributed by atoms with van der Waals surface area (Å²) in [6, 6.07) is 79.2. The first kappa shape index (κ1) is 33.7. The lowest BCUT2D eigenvalue weighted by atomic mass is 9.67. The molecule has 0 fully saturated rings. The Labute approximate surface area is 397 Å². The highest BCUT2D eigenvalue weighted by molar-refractivity contribution is 6.22. The second kappa shape index (κ2) is 15.8. The van der Waals surface area contributed by atoms with Gasteiger partial charge in [0.2, 0.25) is 0 Å². The molecule has 1 atom stereocenters. The number of anilines is 3. The Kier molecular flexibility index (Phi) is 7.94. The van der Waals surface area contributed by atoms with Gasteiger partial charge in [0.25, 0.3) is 0 Å². The highest BCUT2D eigenvalue weighted by Gasteiger charge is 2.47. The van der Waals surface area contributed by atoms with Crippen molar-refractivity contribution in [2.24, 2.45) is 0 Å². The lowest BCUT2D eigenvalue weighted by Gasteiger charge is -2.35. The van der Waals surface area contributed by atoms with E-state index in [4.69, 9.17) is 11.3 Å². The van der Waals surface area contributed by atoms with Gasteiger partial charge in [-0.3, -0.25) is 0 Å². The molecule has 2 heteroatoms. The van der Waals surface area contributed by atoms with Crippen molar-refractivity contribution in [1.82, 2.24) is 0 Å². The summed E-state index contributed by atoms with van der Waals surface area (Å²) >= 11 is 0. The zero-order valence-electron chi connectivity index (χ0n) is 41.3. The minimum Gasteiger partial charge on any atom is -0.455 e. The Bertz CT molecular complexity index is 4070. The first-order valence-corrected chi connectivity index (χ1v) is 22.7. The fraction of sp³-hybridized carbons (Fsp3) is 0.0154. The molecule has 0 spiro atoms. The van der Waals surface area contributed by atoms with E-state index in [1.54, 1.807) is 0 Å². The van der Waals surface area contributed by atoms with Crippen LogP contribution in [0.3, 0.4) is 0 Å². The Morgan fingerprint density at radius 1 is 0.388 bits per heavy atom. The maximum atomic E-state index is 9.11. The first-order chi connectivity index (χ1) is 35.3. The molecule has 0 saturated heterocycles. The molecule has 1 aliphatic rings. The van der Waals surface area contributed by atoms with Crippen molar-refractivity contribution < 1.29 is 11.3 Å². The Morgan fingerprint density at radius 3 is 1.79 bits per heavy atom. The third-order valence-corrected chi connectivity index (χ3v) is 13.6. The standard InChI is InChI=1S/C65H43NO/c1-5-20-44(21-6-1)45-38-40-50(41-39-45)66(60-36-19-37-61-63(60)57-43-56(47-24-9-3-10-25-47)53-30-13-14-31-54(53)64(57)67-61)51-29-17-28-49(42-51)65(48-26-11-4-12-27-48)58-34-16-15-32-55(58)62-52(33-18-35-59(62)65)46-22-7-2-8-23-46/h1-43H/i3D,9D,10D,24D,25D. The van der Waals surface area contributed by atoms with E-state index < -0.39 is 11.5 Å². The van der Waals surface area contributed by atoms with Crippen molar-refractivity contribution in [3.05, 3.63) is 283 Å². The summed E-state index contributed by atoms with van der Waals surface area (Å²) < 4.78 is 50.8. The average molecular weight is 859 g/mol. The van der Waals surface area contributed by atoms with E-state index >= 15 is 0 Å². The topological polar surface area (TPSA) is 16.4 Å². The zero-order valence-corrected chi connectivity index (χ0v) is 36.3. The van der Waals surface area contributed by atoms with Crippen LogP contribution >= 0.6 is 0 Å². The SMILES string of the molecule is [2H]c1c([2H])c([2H])c(-c2cc3c(oc4cccc(N(c5ccc(-c6ccccc6)cc5)c5cccc(C6(c7ccccc7)c7ccccc7-c7c(-c8ccccc8)cccc76)c5)c43)c3ccccc23)c([2H])c1[2H]. The van der Waals surface area contributed by atoms with Crippen molar-refractivity contribution in [3.8, 4) is 44.5 Å². The minimum atomic E-state index is -0.705. The van der Waals surface area contributed by atoms with Crippen LogP contribution in [0.25, 0.3) is 77.2 Å². The molecule has 11 aromatic carbocycles. The van der Waals surface area contributed by atoms with Gasteiger partial charge in [-0.05, 0) is 115 Å². The highest BCUT2D eigenvalue weighted by atomic mass is 16.3. The second-order valence-electron chi connectivity index (χ2n) is 17.2. The molecule has 314 valence electrons. The lowest BCUT2D eigenvalue weighted by Crippen LogP contribution is -2.29. The lowest BCUT2D eigenvalue weighted by molar-refractivity contribution is 0.672. The summed E-state index contributed by atoms with van der Waals surface area (Å²) in [6.45, 7) is 0. The van der Waals surface area contributed by atoms with Crippen LogP contribution in [0, 0.1) is 0 Å². The summed E-state index contributed by atoms with van der Waals surface area (Å²) in [4.78, 5) is 2.30. The van der Waals surface area contributed by atoms with Crippen molar-refractivity contribution >= 4 is 49.8 Å². The molecular weight excluding hydrogens is 811 g/mol. The predicted octanol–water partition coefficient (Wildman–Crippen LogP) is 17.6. The molecule has 67 heavy (non-hydrogen) atoms. The molecule has 0 N–H and O–H groups in total. The average Bonchev–Trinajstić information content (AvgIpc) is 3.98. The second-order valence-corrected chi connectivity index (χ2v) is 17.2. The molecule has 13 rings (SSSR count). The van der Waals surface area contributed by atoms with E-state index in [0.717, 1.165) is 66.4 Å². The number of hydrogen-bond acceptors (Lipinski definition) is 2. The molecule has 1 unspecified atom stereocenters. The van der Waals surface area contributed by atoms with Gasteiger partial charge in [0.1, 0.15) is 11.2 Å². The van der Waals surface area contributed by atoms with Gasteiger partial charge in [-0.2, -0.15) is 0 Å². The van der Waals surface area contributed by atoms with Crippen LogP contribution < -0.4 is 4.90 Å². The number of benzene rings is 11. The molecule has 0 amide bonds. The predicted molar refractivity (Wildman–Crippen MR) is 280 cm³/mol. The van der Waals surface area contributed by atoms with Gasteiger partial charge in [-0.15, -0.1) is 0 Å². The largest absolute Gasteiger partial charge is 0.455 e. The van der Waals surface area contributed by atoms with Gasteiger partial charge >= 0.3 is 0 Å². The summed E-state index contributed by atoms with van der Waals surface area (Å²) in [5.41, 5.74) is 15.6. The van der Waals surface area contributed by atoms with Crippen LogP contribution in [-0.4, -0.2) is 0 Å². The molecule has 12 aromatic rings. The van der Waals surface area contributed by atoms with Gasteiger partial charge in [-0.25, -0.2) is 0 Å². The minimum absolute atomic E-state index is 0.144. The third-order valence-electron chi connectivity index (χ3n) is 13.6. The summed E-state index contributed by atoms with van der Waals surface area (Å²) in [5.74, 6) is 0. The van der Waals surface area contributed by atoms with Crippen molar-refractivity contribution in [2.75, 3.05) is 4.90 Å². The van der Waals surface area contributed by atoms with Crippen LogP contribution in [0.1, 0.15) is 29.1 Å². The summed E-state index contributed by atoms with van der Waals surface area (Å²) in [7, 11) is 0. The number of hydrogen-bond donors (Lipinski definition) is 0. The molecule has 2 nitrogen and oxygen atoms in total. The Morgan fingerprint density at radius 2 is 1.00 bits per heavy atom. The van der Waals surface area contributed by atoms with E-state index in [2.05, 4.69) is 187 Å². The molecule has 0 bridgehead atoms. The molecular formula is C65H43NO. The van der Waals surface area contributed by atoms with Gasteiger partial charge in [-0.1, -0.05) is 218 Å². The van der Waals surface area contributed by atoms with E-state index in [0.29, 0.717) is 16.7 Å². The van der Waals surface area contributed by atoms with Crippen LogP contribution in [0.5, 0.6) is 0 Å². The Hall–Kier alpha value is -8.72. The maximum absolute atomic E-state index is 9.11. The first-order valence-electron chi connectivity index (χ1n) is 25.2. The summed E-state index contributed by atoms with van der Waals surface area (Å²) in [5, 5.41) is 3.09. The Balaban J connectivity index is 1.10. The fourth-order valence-electron chi connectivity index (χ4n) is 10.8. The monoisotopic (exact) mass is 858 g/mol. The van der Waals surface area contributed by atoms with Gasteiger partial charge in [0.15, 0.2) is 0 Å². The van der Waals surface area contributed by atoms with Crippen molar-refractivity contribution in [3.63, 3.8) is 0 Å². The molecule has 0 aliphatic heterocycles. The van der Waals surface area contributed by atoms with Crippen molar-refractivity contribution in [1.29, 1.82) is 0 Å². The smallest absolute Gasteiger partial charge is 0.143 e. The maximum Gasteiger partial charge on any atom is 0.143 e. The molecule has 1 aromatic heterocycles. The summed E-state index contributed by atoms with van der Waals surface area (Å²) in [6.07, 6.45) is 0. The number of nitrogens with zero attached hydrogens (tertiary/aromatic N) is 1. The molecule has 0 radical (unpaired) electrons. The fourth-order valence-corrected chi connectivity index (χ4v) is 10.8. The quantitative estimate of drug-likeness (QED) is 0.151. The van der Waals surface area contributed by atoms with Crippen LogP contribution in [0.4, 0.5) is 17.1 Å². The third kappa shape index (κ3) is 6.11. The normalized spacial score (nSPS) is 15.1. The molecule has 1 heterocycles.